The molecule has 1 aliphatic rings. The van der Waals surface area contributed by atoms with Gasteiger partial charge in [0.25, 0.3) is 5.91 Å². The van der Waals surface area contributed by atoms with Gasteiger partial charge in [-0.3, -0.25) is 4.79 Å². The lowest BCUT2D eigenvalue weighted by molar-refractivity contribution is 0.0548. The zero-order valence-corrected chi connectivity index (χ0v) is 17.7. The lowest BCUT2D eigenvalue weighted by Crippen LogP contribution is -2.42. The van der Waals surface area contributed by atoms with Crippen molar-refractivity contribution in [3.8, 4) is 23.0 Å². The quantitative estimate of drug-likeness (QED) is 0.574. The molecule has 1 aliphatic heterocycles. The molecule has 4 rings (SSSR count). The molecule has 8 nitrogen and oxygen atoms in total. The van der Waals surface area contributed by atoms with Gasteiger partial charge in [0.05, 0.1) is 33.6 Å². The molecule has 0 fully saturated rings. The minimum Gasteiger partial charge on any atom is -0.497 e. The fourth-order valence-electron chi connectivity index (χ4n) is 3.77. The van der Waals surface area contributed by atoms with Gasteiger partial charge < -0.3 is 28.4 Å². The number of rotatable bonds is 7. The van der Waals surface area contributed by atoms with Gasteiger partial charge >= 0.3 is 0 Å². The monoisotopic (exact) mass is 424 g/mol. The molecule has 0 saturated carbocycles. The molecular formula is C23H24N2O6. The molecule has 0 spiro atoms. The number of ether oxygens (including phenoxy) is 4. The van der Waals surface area contributed by atoms with Gasteiger partial charge in [0.1, 0.15) is 18.1 Å². The molecule has 1 amide bonds. The predicted octanol–water partition coefficient (Wildman–Crippen LogP) is 3.52. The van der Waals surface area contributed by atoms with Crippen LogP contribution in [0.25, 0.3) is 0 Å². The van der Waals surface area contributed by atoms with E-state index in [1.807, 2.05) is 36.4 Å². The summed E-state index contributed by atoms with van der Waals surface area (Å²) in [6, 6.07) is 12.4. The topological polar surface area (TPSA) is 83.3 Å². The van der Waals surface area contributed by atoms with E-state index in [0.29, 0.717) is 30.2 Å². The Kier molecular flexibility index (Phi) is 5.97. The van der Waals surface area contributed by atoms with Crippen molar-refractivity contribution in [3.05, 3.63) is 65.5 Å². The largest absolute Gasteiger partial charge is 0.497 e. The Morgan fingerprint density at radius 3 is 2.39 bits per heavy atom. The first-order chi connectivity index (χ1) is 15.1. The minimum absolute atomic E-state index is 0.193. The van der Waals surface area contributed by atoms with Crippen molar-refractivity contribution in [2.24, 2.45) is 0 Å². The van der Waals surface area contributed by atoms with Crippen LogP contribution >= 0.6 is 0 Å². The summed E-state index contributed by atoms with van der Waals surface area (Å²) < 4.78 is 27.3. The van der Waals surface area contributed by atoms with E-state index in [-0.39, 0.29) is 24.3 Å². The number of benzene rings is 2. The summed E-state index contributed by atoms with van der Waals surface area (Å²) in [4.78, 5) is 14.9. The SMILES string of the molecule is COc1ccc(OCC2c3cc(OC)c(OC)cc3CCN2C(=O)c2ccno2)cc1. The van der Waals surface area contributed by atoms with Gasteiger partial charge in [0, 0.05) is 12.6 Å². The lowest BCUT2D eigenvalue weighted by atomic mass is 9.92. The fraction of sp³-hybridized carbons (Fsp3) is 0.304. The van der Waals surface area contributed by atoms with Crippen molar-refractivity contribution in [3.63, 3.8) is 0 Å². The highest BCUT2D eigenvalue weighted by Crippen LogP contribution is 2.39. The van der Waals surface area contributed by atoms with Gasteiger partial charge in [0.15, 0.2) is 11.5 Å². The second kappa shape index (κ2) is 8.99. The normalized spacial score (nSPS) is 15.2. The van der Waals surface area contributed by atoms with E-state index >= 15 is 0 Å². The zero-order chi connectivity index (χ0) is 21.8. The van der Waals surface area contributed by atoms with Gasteiger partial charge in [-0.2, -0.15) is 0 Å². The number of fused-ring (bicyclic) bond motifs is 1. The number of hydrogen-bond acceptors (Lipinski definition) is 7. The summed E-state index contributed by atoms with van der Waals surface area (Å²) in [5.41, 5.74) is 2.04. The third kappa shape index (κ3) is 4.14. The van der Waals surface area contributed by atoms with E-state index in [1.54, 1.807) is 32.3 Å². The third-order valence-electron chi connectivity index (χ3n) is 5.38. The van der Waals surface area contributed by atoms with E-state index in [4.69, 9.17) is 23.5 Å². The molecular weight excluding hydrogens is 400 g/mol. The van der Waals surface area contributed by atoms with E-state index in [9.17, 15) is 4.79 Å². The molecule has 2 aromatic carbocycles. The van der Waals surface area contributed by atoms with Crippen LogP contribution in [0.15, 0.2) is 53.2 Å². The number of hydrogen-bond donors (Lipinski definition) is 0. The molecule has 1 unspecified atom stereocenters. The standard InChI is InChI=1S/C23H24N2O6/c1-27-16-4-6-17(7-5-16)30-14-19-18-13-22(29-3)21(28-2)12-15(18)9-11-25(19)23(26)20-8-10-24-31-20/h4-8,10,12-13,19H,9,11,14H2,1-3H3. The molecule has 31 heavy (non-hydrogen) atoms. The molecule has 1 aromatic heterocycles. The average molecular weight is 424 g/mol. The molecule has 0 saturated heterocycles. The van der Waals surface area contributed by atoms with E-state index < -0.39 is 0 Å². The van der Waals surface area contributed by atoms with Gasteiger partial charge in [0.2, 0.25) is 5.76 Å². The number of nitrogens with zero attached hydrogens (tertiary/aromatic N) is 2. The molecule has 8 heteroatoms. The Bertz CT molecular complexity index is 1030. The van der Waals surface area contributed by atoms with Crippen molar-refractivity contribution in [1.29, 1.82) is 0 Å². The molecule has 2 heterocycles. The van der Waals surface area contributed by atoms with E-state index in [2.05, 4.69) is 5.16 Å². The molecule has 162 valence electrons. The van der Waals surface area contributed by atoms with Crippen LogP contribution in [0.3, 0.4) is 0 Å². The smallest absolute Gasteiger partial charge is 0.293 e. The van der Waals surface area contributed by atoms with Crippen LogP contribution < -0.4 is 18.9 Å². The van der Waals surface area contributed by atoms with E-state index in [1.165, 1.54) is 6.20 Å². The zero-order valence-electron chi connectivity index (χ0n) is 17.7. The van der Waals surface area contributed by atoms with Crippen molar-refractivity contribution >= 4 is 5.91 Å². The van der Waals surface area contributed by atoms with E-state index in [0.717, 1.165) is 16.9 Å². The summed E-state index contributed by atoms with van der Waals surface area (Å²) in [7, 11) is 4.81. The Morgan fingerprint density at radius 1 is 1.03 bits per heavy atom. The highest BCUT2D eigenvalue weighted by molar-refractivity contribution is 5.91. The summed E-state index contributed by atoms with van der Waals surface area (Å²) >= 11 is 0. The summed E-state index contributed by atoms with van der Waals surface area (Å²) in [5.74, 6) is 2.64. The maximum absolute atomic E-state index is 13.1. The third-order valence-corrected chi connectivity index (χ3v) is 5.38. The van der Waals surface area contributed by atoms with Crippen molar-refractivity contribution < 1.29 is 28.3 Å². The first-order valence-corrected chi connectivity index (χ1v) is 9.88. The minimum atomic E-state index is -0.344. The number of aromatic nitrogens is 1. The number of carbonyl (C=O) groups is 1. The Morgan fingerprint density at radius 2 is 1.74 bits per heavy atom. The van der Waals surface area contributed by atoms with Crippen LogP contribution in [0.4, 0.5) is 0 Å². The maximum atomic E-state index is 13.1. The number of amides is 1. The van der Waals surface area contributed by atoms with Crippen molar-refractivity contribution in [1.82, 2.24) is 10.1 Å². The van der Waals surface area contributed by atoms with Crippen LogP contribution in [-0.2, 0) is 6.42 Å². The van der Waals surface area contributed by atoms with Crippen LogP contribution in [0.2, 0.25) is 0 Å². The van der Waals surface area contributed by atoms with Crippen LogP contribution in [0.1, 0.15) is 27.7 Å². The molecule has 3 aromatic rings. The van der Waals surface area contributed by atoms with Crippen LogP contribution in [-0.4, -0.2) is 50.4 Å². The summed E-state index contributed by atoms with van der Waals surface area (Å²) in [5, 5.41) is 3.67. The first kappa shape index (κ1) is 20.6. The second-order valence-corrected chi connectivity index (χ2v) is 7.03. The van der Waals surface area contributed by atoms with Gasteiger partial charge in [-0.15, -0.1) is 0 Å². The van der Waals surface area contributed by atoms with Crippen molar-refractivity contribution in [2.45, 2.75) is 12.5 Å². The molecule has 0 radical (unpaired) electrons. The van der Waals surface area contributed by atoms with Crippen LogP contribution in [0, 0.1) is 0 Å². The summed E-state index contributed by atoms with van der Waals surface area (Å²) in [6.45, 7) is 0.771. The Labute approximate surface area is 180 Å². The predicted molar refractivity (Wildman–Crippen MR) is 112 cm³/mol. The summed E-state index contributed by atoms with van der Waals surface area (Å²) in [6.07, 6.45) is 2.14. The number of carbonyl (C=O) groups excluding carboxylic acids is 1. The molecule has 0 aliphatic carbocycles. The Hall–Kier alpha value is -3.68. The lowest BCUT2D eigenvalue weighted by Gasteiger charge is -2.37. The highest BCUT2D eigenvalue weighted by atomic mass is 16.5. The molecule has 0 N–H and O–H groups in total. The van der Waals surface area contributed by atoms with Gasteiger partial charge in [-0.05, 0) is 53.9 Å². The number of methoxy groups -OCH3 is 3. The first-order valence-electron chi connectivity index (χ1n) is 9.88. The van der Waals surface area contributed by atoms with Gasteiger partial charge in [-0.1, -0.05) is 5.16 Å². The van der Waals surface area contributed by atoms with Gasteiger partial charge in [-0.25, -0.2) is 0 Å². The van der Waals surface area contributed by atoms with Crippen LogP contribution in [0.5, 0.6) is 23.0 Å². The fourth-order valence-corrected chi connectivity index (χ4v) is 3.77. The Balaban J connectivity index is 1.67. The second-order valence-electron chi connectivity index (χ2n) is 7.03. The average Bonchev–Trinajstić information content (AvgIpc) is 3.36. The maximum Gasteiger partial charge on any atom is 0.293 e. The van der Waals surface area contributed by atoms with Crippen molar-refractivity contribution in [2.75, 3.05) is 34.5 Å². The highest BCUT2D eigenvalue weighted by Gasteiger charge is 2.34. The molecule has 1 atom stereocenters. The molecule has 0 bridgehead atoms.